The molecule has 1 heterocycles. The summed E-state index contributed by atoms with van der Waals surface area (Å²) in [7, 11) is 1.77. The van der Waals surface area contributed by atoms with Crippen LogP contribution >= 0.6 is 11.6 Å². The number of anilines is 2. The molecule has 0 saturated heterocycles. The van der Waals surface area contributed by atoms with Crippen molar-refractivity contribution in [3.05, 3.63) is 11.2 Å². The molecule has 1 fully saturated rings. The van der Waals surface area contributed by atoms with Crippen LogP contribution in [0.1, 0.15) is 19.3 Å². The number of nitrogens with one attached hydrogen (secondary N) is 2. The molecule has 5 nitrogen and oxygen atoms in total. The van der Waals surface area contributed by atoms with Gasteiger partial charge < -0.3 is 15.7 Å². The standard InChI is InChI=1S/C12H19ClN4O/c1-14-12-16-6-10(13)11(17-12)15-5-8-3-2-4-9(8)7-18/h6,8-9,18H,2-5,7H2,1H3,(H2,14,15,16,17). The monoisotopic (exact) mass is 270 g/mol. The lowest BCUT2D eigenvalue weighted by atomic mass is 9.97. The van der Waals surface area contributed by atoms with Crippen molar-refractivity contribution >= 4 is 23.4 Å². The van der Waals surface area contributed by atoms with Crippen LogP contribution in [0.4, 0.5) is 11.8 Å². The minimum atomic E-state index is 0.269. The Kier molecular flexibility index (Phi) is 4.60. The fourth-order valence-electron chi connectivity index (χ4n) is 2.46. The summed E-state index contributed by atoms with van der Waals surface area (Å²) in [5, 5.41) is 15.9. The predicted octanol–water partition coefficient (Wildman–Crippen LogP) is 1.99. The first-order valence-electron chi connectivity index (χ1n) is 6.29. The Balaban J connectivity index is 1.97. The van der Waals surface area contributed by atoms with E-state index in [9.17, 15) is 5.11 Å². The van der Waals surface area contributed by atoms with Crippen LogP contribution in [0.15, 0.2) is 6.20 Å². The van der Waals surface area contributed by atoms with Gasteiger partial charge in [-0.15, -0.1) is 0 Å². The zero-order valence-corrected chi connectivity index (χ0v) is 11.2. The van der Waals surface area contributed by atoms with Crippen molar-refractivity contribution in [2.24, 2.45) is 11.8 Å². The Labute approximate surface area is 112 Å². The smallest absolute Gasteiger partial charge is 0.224 e. The third-order valence-electron chi connectivity index (χ3n) is 3.55. The highest BCUT2D eigenvalue weighted by Crippen LogP contribution is 2.31. The lowest BCUT2D eigenvalue weighted by Gasteiger charge is -2.18. The molecule has 0 bridgehead atoms. The van der Waals surface area contributed by atoms with Crippen LogP contribution in [0.3, 0.4) is 0 Å². The van der Waals surface area contributed by atoms with E-state index in [1.807, 2.05) is 0 Å². The van der Waals surface area contributed by atoms with Crippen molar-refractivity contribution in [2.75, 3.05) is 30.8 Å². The zero-order valence-electron chi connectivity index (χ0n) is 10.5. The molecule has 1 aliphatic carbocycles. The van der Waals surface area contributed by atoms with Crippen LogP contribution in [0, 0.1) is 11.8 Å². The summed E-state index contributed by atoms with van der Waals surface area (Å²) in [6.07, 6.45) is 5.04. The fraction of sp³-hybridized carbons (Fsp3) is 0.667. The van der Waals surface area contributed by atoms with Gasteiger partial charge in [-0.25, -0.2) is 4.98 Å². The van der Waals surface area contributed by atoms with Crippen LogP contribution in [-0.4, -0.2) is 35.3 Å². The third kappa shape index (κ3) is 3.03. The largest absolute Gasteiger partial charge is 0.396 e. The van der Waals surface area contributed by atoms with Gasteiger partial charge in [-0.3, -0.25) is 0 Å². The van der Waals surface area contributed by atoms with E-state index < -0.39 is 0 Å². The molecular formula is C12H19ClN4O. The quantitative estimate of drug-likeness (QED) is 0.763. The predicted molar refractivity (Wildman–Crippen MR) is 73.0 cm³/mol. The molecule has 2 rings (SSSR count). The molecule has 0 spiro atoms. The summed E-state index contributed by atoms with van der Waals surface area (Å²) in [4.78, 5) is 8.31. The Morgan fingerprint density at radius 2 is 2.22 bits per heavy atom. The summed E-state index contributed by atoms with van der Waals surface area (Å²) in [6, 6.07) is 0. The summed E-state index contributed by atoms with van der Waals surface area (Å²) in [5.41, 5.74) is 0. The van der Waals surface area contributed by atoms with Gasteiger partial charge >= 0.3 is 0 Å². The van der Waals surface area contributed by atoms with Crippen molar-refractivity contribution in [1.82, 2.24) is 9.97 Å². The van der Waals surface area contributed by atoms with Gasteiger partial charge in [0.05, 0.1) is 6.20 Å². The van der Waals surface area contributed by atoms with E-state index in [0.717, 1.165) is 19.4 Å². The Bertz CT molecular complexity index is 402. The van der Waals surface area contributed by atoms with Crippen LogP contribution in [0.25, 0.3) is 0 Å². The average Bonchev–Trinajstić information content (AvgIpc) is 2.85. The summed E-state index contributed by atoms with van der Waals surface area (Å²) in [5.74, 6) is 2.10. The molecule has 1 aliphatic rings. The highest BCUT2D eigenvalue weighted by Gasteiger charge is 2.26. The van der Waals surface area contributed by atoms with Crippen molar-refractivity contribution in [3.63, 3.8) is 0 Å². The van der Waals surface area contributed by atoms with E-state index in [2.05, 4.69) is 20.6 Å². The number of aromatic nitrogens is 2. The molecule has 1 aromatic rings. The highest BCUT2D eigenvalue weighted by atomic mass is 35.5. The SMILES string of the molecule is CNc1ncc(Cl)c(NCC2CCCC2CO)n1. The summed E-state index contributed by atoms with van der Waals surface area (Å²) < 4.78 is 0. The maximum Gasteiger partial charge on any atom is 0.224 e. The molecule has 0 aliphatic heterocycles. The first kappa shape index (κ1) is 13.4. The van der Waals surface area contributed by atoms with Gasteiger partial charge in [0.1, 0.15) is 10.8 Å². The van der Waals surface area contributed by atoms with Crippen molar-refractivity contribution in [3.8, 4) is 0 Å². The average molecular weight is 271 g/mol. The van der Waals surface area contributed by atoms with Crippen LogP contribution in [0.5, 0.6) is 0 Å². The van der Waals surface area contributed by atoms with Crippen LogP contribution in [-0.2, 0) is 0 Å². The van der Waals surface area contributed by atoms with E-state index in [1.165, 1.54) is 6.42 Å². The maximum atomic E-state index is 9.28. The Morgan fingerprint density at radius 3 is 2.94 bits per heavy atom. The number of halogens is 1. The van der Waals surface area contributed by atoms with Crippen LogP contribution < -0.4 is 10.6 Å². The number of hydrogen-bond donors (Lipinski definition) is 3. The van der Waals surface area contributed by atoms with E-state index in [-0.39, 0.29) is 6.61 Å². The molecule has 2 atom stereocenters. The number of hydrogen-bond acceptors (Lipinski definition) is 5. The number of nitrogens with zero attached hydrogens (tertiary/aromatic N) is 2. The highest BCUT2D eigenvalue weighted by molar-refractivity contribution is 6.32. The molecule has 0 radical (unpaired) electrons. The Hall–Kier alpha value is -1.07. The van der Waals surface area contributed by atoms with Gasteiger partial charge in [-0.05, 0) is 24.7 Å². The summed E-state index contributed by atoms with van der Waals surface area (Å²) in [6.45, 7) is 1.07. The number of aliphatic hydroxyl groups excluding tert-OH is 1. The molecule has 1 aromatic heterocycles. The maximum absolute atomic E-state index is 9.28. The molecule has 0 aromatic carbocycles. The van der Waals surface area contributed by atoms with Gasteiger partial charge in [0, 0.05) is 20.2 Å². The van der Waals surface area contributed by atoms with E-state index >= 15 is 0 Å². The molecule has 3 N–H and O–H groups in total. The van der Waals surface area contributed by atoms with Gasteiger partial charge in [0.25, 0.3) is 0 Å². The second-order valence-electron chi connectivity index (χ2n) is 4.65. The molecule has 18 heavy (non-hydrogen) atoms. The van der Waals surface area contributed by atoms with E-state index in [4.69, 9.17) is 11.6 Å². The molecule has 1 saturated carbocycles. The topological polar surface area (TPSA) is 70.1 Å². The lowest BCUT2D eigenvalue weighted by molar-refractivity contribution is 0.199. The second-order valence-corrected chi connectivity index (χ2v) is 5.06. The molecule has 2 unspecified atom stereocenters. The van der Waals surface area contributed by atoms with Gasteiger partial charge in [-0.1, -0.05) is 18.0 Å². The normalized spacial score (nSPS) is 23.1. The van der Waals surface area contributed by atoms with Crippen molar-refractivity contribution in [2.45, 2.75) is 19.3 Å². The number of aliphatic hydroxyl groups is 1. The lowest BCUT2D eigenvalue weighted by Crippen LogP contribution is -2.21. The first-order chi connectivity index (χ1) is 8.74. The van der Waals surface area contributed by atoms with Crippen molar-refractivity contribution < 1.29 is 5.11 Å². The van der Waals surface area contributed by atoms with Gasteiger partial charge in [-0.2, -0.15) is 4.98 Å². The minimum Gasteiger partial charge on any atom is -0.396 e. The fourth-order valence-corrected chi connectivity index (χ4v) is 2.62. The zero-order chi connectivity index (χ0) is 13.0. The van der Waals surface area contributed by atoms with Gasteiger partial charge in [0.15, 0.2) is 0 Å². The Morgan fingerprint density at radius 1 is 1.44 bits per heavy atom. The third-order valence-corrected chi connectivity index (χ3v) is 3.83. The molecule has 0 amide bonds. The second kappa shape index (κ2) is 6.20. The molecule has 100 valence electrons. The first-order valence-corrected chi connectivity index (χ1v) is 6.67. The summed E-state index contributed by atoms with van der Waals surface area (Å²) >= 11 is 6.04. The minimum absolute atomic E-state index is 0.269. The van der Waals surface area contributed by atoms with Crippen LogP contribution in [0.2, 0.25) is 5.02 Å². The van der Waals surface area contributed by atoms with E-state index in [1.54, 1.807) is 13.2 Å². The van der Waals surface area contributed by atoms with Gasteiger partial charge in [0.2, 0.25) is 5.95 Å². The molecular weight excluding hydrogens is 252 g/mol. The van der Waals surface area contributed by atoms with E-state index in [0.29, 0.717) is 28.6 Å². The molecule has 6 heteroatoms. The number of rotatable bonds is 5. The van der Waals surface area contributed by atoms with Crippen molar-refractivity contribution in [1.29, 1.82) is 0 Å².